The molecule has 3 atom stereocenters. The number of rotatable bonds is 15. The van der Waals surface area contributed by atoms with Crippen molar-refractivity contribution in [3.05, 3.63) is 47.8 Å². The Morgan fingerprint density at radius 2 is 1.95 bits per heavy atom. The smallest absolute Gasteiger partial charge is 0.308 e. The molecule has 1 saturated heterocycles. The number of carboxylic acid groups (broad SMARTS) is 1. The number of carbonyl (C=O) groups is 2. The molecule has 2 aliphatic rings. The van der Waals surface area contributed by atoms with Gasteiger partial charge in [0.25, 0.3) is 0 Å². The topological polar surface area (TPSA) is 101 Å². The van der Waals surface area contributed by atoms with E-state index in [1.807, 2.05) is 35.2 Å². The summed E-state index contributed by atoms with van der Waals surface area (Å²) in [5.74, 6) is -0.277. The number of carbonyl (C=O) groups excluding carboxylic acids is 1. The van der Waals surface area contributed by atoms with Crippen LogP contribution in [-0.2, 0) is 16.0 Å². The molecule has 10 nitrogen and oxygen atoms in total. The Bertz CT molecular complexity index is 1200. The number of aromatic nitrogens is 1. The maximum Gasteiger partial charge on any atom is 0.308 e. The van der Waals surface area contributed by atoms with Crippen molar-refractivity contribution in [3.8, 4) is 17.2 Å². The van der Waals surface area contributed by atoms with Crippen LogP contribution in [0, 0.1) is 5.92 Å². The van der Waals surface area contributed by atoms with E-state index in [2.05, 4.69) is 38.0 Å². The molecule has 4 rings (SSSR count). The Balaban J connectivity index is 1.61. The first-order valence-corrected chi connectivity index (χ1v) is 15.0. The zero-order valence-corrected chi connectivity index (χ0v) is 25.8. The van der Waals surface area contributed by atoms with E-state index in [1.165, 1.54) is 0 Å². The van der Waals surface area contributed by atoms with E-state index in [0.29, 0.717) is 49.7 Å². The molecule has 1 aromatic heterocycles. The third-order valence-electron chi connectivity index (χ3n) is 8.29. The molecule has 1 unspecified atom stereocenters. The van der Waals surface area contributed by atoms with Gasteiger partial charge >= 0.3 is 5.97 Å². The Morgan fingerprint density at radius 3 is 2.62 bits per heavy atom. The summed E-state index contributed by atoms with van der Waals surface area (Å²) < 4.78 is 17.6. The van der Waals surface area contributed by atoms with Crippen LogP contribution in [0.5, 0.6) is 17.2 Å². The van der Waals surface area contributed by atoms with Gasteiger partial charge in [-0.05, 0) is 49.1 Å². The molecule has 2 aliphatic heterocycles. The van der Waals surface area contributed by atoms with Gasteiger partial charge in [0.05, 0.1) is 47.3 Å². The van der Waals surface area contributed by atoms with Crippen LogP contribution < -0.4 is 14.2 Å². The van der Waals surface area contributed by atoms with E-state index < -0.39 is 11.9 Å². The van der Waals surface area contributed by atoms with E-state index >= 15 is 0 Å². The number of aliphatic carboxylic acids is 1. The van der Waals surface area contributed by atoms with Gasteiger partial charge in [0.1, 0.15) is 0 Å². The van der Waals surface area contributed by atoms with Gasteiger partial charge in [0.15, 0.2) is 11.5 Å². The maximum absolute atomic E-state index is 13.8. The molecular weight excluding hydrogens is 536 g/mol. The molecule has 230 valence electrons. The Hall–Kier alpha value is -3.37. The van der Waals surface area contributed by atoms with Gasteiger partial charge in [-0.15, -0.1) is 0 Å². The van der Waals surface area contributed by atoms with E-state index in [9.17, 15) is 14.7 Å². The predicted molar refractivity (Wildman–Crippen MR) is 160 cm³/mol. The molecule has 1 fully saturated rings. The van der Waals surface area contributed by atoms with Crippen LogP contribution in [0.2, 0.25) is 0 Å². The molecule has 0 bridgehead atoms. The number of nitrogens with zero attached hydrogens (tertiary/aromatic N) is 4. The molecule has 1 aromatic carbocycles. The fourth-order valence-corrected chi connectivity index (χ4v) is 6.12. The van der Waals surface area contributed by atoms with Crippen molar-refractivity contribution in [1.82, 2.24) is 14.8 Å². The lowest BCUT2D eigenvalue weighted by Crippen LogP contribution is -2.45. The molecule has 0 saturated carbocycles. The minimum atomic E-state index is -0.872. The number of likely N-dealkylation sites (tertiary alicyclic amines) is 1. The highest BCUT2D eigenvalue weighted by Crippen LogP contribution is 2.47. The summed E-state index contributed by atoms with van der Waals surface area (Å²) in [7, 11) is 8.04. The Morgan fingerprint density at radius 1 is 1.17 bits per heavy atom. The molecule has 0 spiro atoms. The zero-order valence-electron chi connectivity index (χ0n) is 25.8. The molecular formula is C32H47N4O6+. The van der Waals surface area contributed by atoms with Gasteiger partial charge in [-0.2, -0.15) is 0 Å². The van der Waals surface area contributed by atoms with Crippen LogP contribution >= 0.6 is 0 Å². The predicted octanol–water partition coefficient (Wildman–Crippen LogP) is 3.65. The monoisotopic (exact) mass is 583 g/mol. The van der Waals surface area contributed by atoms with Crippen molar-refractivity contribution in [2.45, 2.75) is 51.0 Å². The number of aryl methyl sites for hydroxylation is 1. The number of pyridine rings is 1. The van der Waals surface area contributed by atoms with Crippen molar-refractivity contribution in [2.24, 2.45) is 5.92 Å². The average Bonchev–Trinajstić information content (AvgIpc) is 3.58. The normalized spacial score (nSPS) is 20.1. The first kappa shape index (κ1) is 31.6. The first-order valence-electron chi connectivity index (χ1n) is 15.0. The highest BCUT2D eigenvalue weighted by Gasteiger charge is 2.47. The molecule has 0 aliphatic carbocycles. The van der Waals surface area contributed by atoms with Crippen LogP contribution in [-0.4, -0.2) is 110 Å². The van der Waals surface area contributed by atoms with Crippen molar-refractivity contribution in [1.29, 1.82) is 0 Å². The summed E-state index contributed by atoms with van der Waals surface area (Å²) >= 11 is 0. The minimum Gasteiger partial charge on any atom is -0.493 e. The summed E-state index contributed by atoms with van der Waals surface area (Å²) in [5, 5.41) is 10.6. The van der Waals surface area contributed by atoms with Gasteiger partial charge in [0.2, 0.25) is 18.4 Å². The number of hydrogen-bond acceptors (Lipinski definition) is 7. The second-order valence-corrected chi connectivity index (χ2v) is 12.4. The second kappa shape index (κ2) is 14.2. The lowest BCUT2D eigenvalue weighted by atomic mass is 9.83. The maximum atomic E-state index is 13.8. The molecule has 2 aromatic rings. The molecule has 1 amide bonds. The molecule has 42 heavy (non-hydrogen) atoms. The first-order chi connectivity index (χ1) is 20.1. The number of methoxy groups -OCH3 is 1. The Kier molecular flexibility index (Phi) is 10.7. The summed E-state index contributed by atoms with van der Waals surface area (Å²) in [5.41, 5.74) is 1.72. The van der Waals surface area contributed by atoms with Gasteiger partial charge in [-0.25, -0.2) is 0 Å². The highest BCUT2D eigenvalue weighted by atomic mass is 16.7. The van der Waals surface area contributed by atoms with Crippen molar-refractivity contribution in [3.63, 3.8) is 0 Å². The fraction of sp³-hybridized carbons (Fsp3) is 0.594. The van der Waals surface area contributed by atoms with E-state index in [4.69, 9.17) is 14.2 Å². The van der Waals surface area contributed by atoms with Crippen molar-refractivity contribution in [2.75, 3.05) is 67.8 Å². The number of hydrogen-bond donors (Lipinski definition) is 1. The number of quaternary nitrogens is 1. The number of amides is 1. The summed E-state index contributed by atoms with van der Waals surface area (Å²) in [6.45, 7) is 5.24. The molecule has 10 heteroatoms. The van der Waals surface area contributed by atoms with Gasteiger partial charge in [-0.1, -0.05) is 19.4 Å². The average molecular weight is 584 g/mol. The quantitative estimate of drug-likeness (QED) is 0.317. The largest absolute Gasteiger partial charge is 0.493 e. The van der Waals surface area contributed by atoms with E-state index in [-0.39, 0.29) is 31.2 Å². The number of carboxylic acids is 1. The number of unbranched alkanes of at least 4 members (excludes halogenated alkanes) is 1. The highest BCUT2D eigenvalue weighted by molar-refractivity contribution is 5.79. The molecule has 3 heterocycles. The van der Waals surface area contributed by atoms with E-state index in [1.54, 1.807) is 13.3 Å². The SMILES string of the molecule is CCCCN(CCC[N+](C)(C)C)C(=O)CN1C[C@H](c2cc(OC)c3c(c2)OCO3)C(C(=O)O)[C@@H]1CCc1ccccn1. The van der Waals surface area contributed by atoms with Gasteiger partial charge < -0.3 is 28.7 Å². The summed E-state index contributed by atoms with van der Waals surface area (Å²) in [4.78, 5) is 35.2. The minimum absolute atomic E-state index is 0.0563. The van der Waals surface area contributed by atoms with Crippen LogP contribution in [0.4, 0.5) is 0 Å². The number of ether oxygens (including phenoxy) is 3. The van der Waals surface area contributed by atoms with Crippen molar-refractivity contribution >= 4 is 11.9 Å². The van der Waals surface area contributed by atoms with Crippen molar-refractivity contribution < 1.29 is 33.4 Å². The van der Waals surface area contributed by atoms with Crippen LogP contribution in [0.15, 0.2) is 36.5 Å². The molecule has 1 N–H and O–H groups in total. The number of fused-ring (bicyclic) bond motifs is 1. The zero-order chi connectivity index (χ0) is 30.3. The fourth-order valence-electron chi connectivity index (χ4n) is 6.12. The number of benzene rings is 1. The molecule has 0 radical (unpaired) electrons. The Labute approximate surface area is 249 Å². The second-order valence-electron chi connectivity index (χ2n) is 12.4. The van der Waals surface area contributed by atoms with Crippen LogP contribution in [0.25, 0.3) is 0 Å². The van der Waals surface area contributed by atoms with E-state index in [0.717, 1.165) is 41.5 Å². The van der Waals surface area contributed by atoms with Crippen LogP contribution in [0.1, 0.15) is 49.8 Å². The summed E-state index contributed by atoms with van der Waals surface area (Å²) in [6, 6.07) is 9.15. The van der Waals surface area contributed by atoms with Gasteiger partial charge in [-0.3, -0.25) is 19.5 Å². The van der Waals surface area contributed by atoms with Gasteiger partial charge in [0, 0.05) is 49.9 Å². The lowest BCUT2D eigenvalue weighted by Gasteiger charge is -2.30. The standard InChI is InChI=1S/C32H46N4O6/c1-6-7-15-34(16-10-17-36(2,3)4)29(37)21-35-20-25(23-18-27(40-5)31-28(19-23)41-22-42-31)30(32(38)39)26(35)13-12-24-11-8-9-14-33-24/h8-9,11,14,18-19,25-26,30H,6-7,10,12-13,15-17,20-22H2,1-5H3/p+1/t25-,26+,30?/m1/s1. The third-order valence-corrected chi connectivity index (χ3v) is 8.29. The third kappa shape index (κ3) is 7.92. The lowest BCUT2D eigenvalue weighted by molar-refractivity contribution is -0.870. The van der Waals surface area contributed by atoms with Crippen LogP contribution in [0.3, 0.4) is 0 Å². The summed E-state index contributed by atoms with van der Waals surface area (Å²) in [6.07, 6.45) is 5.82.